The molecule has 1 aliphatic rings. The highest BCUT2D eigenvalue weighted by Gasteiger charge is 2.21. The number of nitrogens with one attached hydrogen (secondary N) is 3. The van der Waals surface area contributed by atoms with E-state index in [2.05, 4.69) is 20.9 Å². The summed E-state index contributed by atoms with van der Waals surface area (Å²) in [4.78, 5) is 29.0. The molecule has 3 N–H and O–H groups in total. The first-order chi connectivity index (χ1) is 11.6. The molecule has 2 aromatic rings. The third kappa shape index (κ3) is 3.60. The SMILES string of the molecule is COc1ccc(Cl)cc1NC(=O)Nc1nc2c(s1)C(=O)NCCC2. The number of halogens is 1. The highest BCUT2D eigenvalue weighted by atomic mass is 35.5. The fraction of sp³-hybridized carbons (Fsp3) is 0.267. The number of aryl methyl sites for hydroxylation is 1. The maximum Gasteiger partial charge on any atom is 0.325 e. The predicted octanol–water partition coefficient (Wildman–Crippen LogP) is 3.13. The number of thiazole rings is 1. The van der Waals surface area contributed by atoms with Gasteiger partial charge in [-0.1, -0.05) is 22.9 Å². The van der Waals surface area contributed by atoms with Gasteiger partial charge in [-0.15, -0.1) is 0 Å². The minimum atomic E-state index is -0.486. The number of nitrogens with zero attached hydrogens (tertiary/aromatic N) is 1. The van der Waals surface area contributed by atoms with Gasteiger partial charge in [-0.25, -0.2) is 9.78 Å². The number of methoxy groups -OCH3 is 1. The second-order valence-corrected chi connectivity index (χ2v) is 6.51. The lowest BCUT2D eigenvalue weighted by molar-refractivity contribution is 0.0960. The molecule has 0 bridgehead atoms. The van der Waals surface area contributed by atoms with Crippen LogP contribution < -0.4 is 20.7 Å². The van der Waals surface area contributed by atoms with Crippen LogP contribution in [0.25, 0.3) is 0 Å². The molecule has 3 rings (SSSR count). The zero-order valence-corrected chi connectivity index (χ0v) is 14.4. The van der Waals surface area contributed by atoms with Crippen molar-refractivity contribution >= 4 is 45.7 Å². The van der Waals surface area contributed by atoms with Crippen LogP contribution in [0.1, 0.15) is 21.8 Å². The number of ether oxygens (including phenoxy) is 1. The van der Waals surface area contributed by atoms with E-state index in [-0.39, 0.29) is 5.91 Å². The third-order valence-corrected chi connectivity index (χ3v) is 4.66. The number of benzene rings is 1. The summed E-state index contributed by atoms with van der Waals surface area (Å²) in [7, 11) is 1.50. The van der Waals surface area contributed by atoms with Crippen LogP contribution in [0.2, 0.25) is 5.02 Å². The van der Waals surface area contributed by atoms with Crippen molar-refractivity contribution in [3.63, 3.8) is 0 Å². The third-order valence-electron chi connectivity index (χ3n) is 3.41. The lowest BCUT2D eigenvalue weighted by Crippen LogP contribution is -2.21. The van der Waals surface area contributed by atoms with Gasteiger partial charge in [0.05, 0.1) is 18.5 Å². The minimum absolute atomic E-state index is 0.148. The van der Waals surface area contributed by atoms with E-state index in [9.17, 15) is 9.59 Å². The molecule has 126 valence electrons. The van der Waals surface area contributed by atoms with Gasteiger partial charge in [0.1, 0.15) is 10.6 Å². The molecule has 24 heavy (non-hydrogen) atoms. The molecule has 1 aliphatic heterocycles. The number of urea groups is 1. The van der Waals surface area contributed by atoms with Gasteiger partial charge in [-0.2, -0.15) is 0 Å². The summed E-state index contributed by atoms with van der Waals surface area (Å²) in [5.74, 6) is 0.341. The van der Waals surface area contributed by atoms with Gasteiger partial charge >= 0.3 is 6.03 Å². The molecule has 2 heterocycles. The van der Waals surface area contributed by atoms with Crippen molar-refractivity contribution in [1.29, 1.82) is 0 Å². The van der Waals surface area contributed by atoms with Crippen LogP contribution in [0, 0.1) is 0 Å². The average Bonchev–Trinajstić information content (AvgIpc) is 2.86. The maximum absolute atomic E-state index is 12.2. The molecule has 0 aliphatic carbocycles. The quantitative estimate of drug-likeness (QED) is 0.778. The fourth-order valence-corrected chi connectivity index (χ4v) is 3.41. The van der Waals surface area contributed by atoms with Crippen molar-refractivity contribution in [2.75, 3.05) is 24.3 Å². The Balaban J connectivity index is 1.73. The molecule has 0 unspecified atom stereocenters. The van der Waals surface area contributed by atoms with Crippen molar-refractivity contribution in [2.45, 2.75) is 12.8 Å². The second kappa shape index (κ2) is 7.06. The number of aromatic nitrogens is 1. The molecule has 0 fully saturated rings. The lowest BCUT2D eigenvalue weighted by atomic mass is 10.2. The zero-order chi connectivity index (χ0) is 17.1. The van der Waals surface area contributed by atoms with Crippen molar-refractivity contribution in [3.8, 4) is 5.75 Å². The Labute approximate surface area is 147 Å². The Morgan fingerprint density at radius 2 is 2.25 bits per heavy atom. The number of fused-ring (bicyclic) bond motifs is 1. The Morgan fingerprint density at radius 1 is 1.42 bits per heavy atom. The summed E-state index contributed by atoms with van der Waals surface area (Å²) >= 11 is 7.09. The molecule has 0 radical (unpaired) electrons. The Morgan fingerprint density at radius 3 is 3.04 bits per heavy atom. The zero-order valence-electron chi connectivity index (χ0n) is 12.8. The predicted molar refractivity (Wildman–Crippen MR) is 93.4 cm³/mol. The van der Waals surface area contributed by atoms with Gasteiger partial charge in [0.15, 0.2) is 5.13 Å². The van der Waals surface area contributed by atoms with E-state index in [1.54, 1.807) is 18.2 Å². The van der Waals surface area contributed by atoms with Crippen LogP contribution in [0.3, 0.4) is 0 Å². The molecular weight excluding hydrogens is 352 g/mol. The van der Waals surface area contributed by atoms with Crippen molar-refractivity contribution in [2.24, 2.45) is 0 Å². The summed E-state index contributed by atoms with van der Waals surface area (Å²) in [6, 6.07) is 4.43. The molecule has 0 saturated carbocycles. The summed E-state index contributed by atoms with van der Waals surface area (Å²) in [5.41, 5.74) is 1.16. The normalized spacial score (nSPS) is 13.5. The van der Waals surface area contributed by atoms with Crippen LogP contribution in [-0.4, -0.2) is 30.6 Å². The van der Waals surface area contributed by atoms with E-state index in [0.717, 1.165) is 17.8 Å². The number of hydrogen-bond donors (Lipinski definition) is 3. The van der Waals surface area contributed by atoms with Gasteiger partial charge in [0.25, 0.3) is 5.91 Å². The maximum atomic E-state index is 12.2. The summed E-state index contributed by atoms with van der Waals surface area (Å²) < 4.78 is 5.18. The average molecular weight is 367 g/mol. The van der Waals surface area contributed by atoms with E-state index >= 15 is 0 Å². The molecule has 0 atom stereocenters. The number of hydrogen-bond acceptors (Lipinski definition) is 5. The largest absolute Gasteiger partial charge is 0.495 e. The number of rotatable bonds is 3. The van der Waals surface area contributed by atoms with Crippen LogP contribution in [-0.2, 0) is 6.42 Å². The van der Waals surface area contributed by atoms with E-state index in [1.165, 1.54) is 7.11 Å². The van der Waals surface area contributed by atoms with Crippen molar-refractivity contribution < 1.29 is 14.3 Å². The van der Waals surface area contributed by atoms with Gasteiger partial charge < -0.3 is 15.4 Å². The van der Waals surface area contributed by atoms with Crippen LogP contribution in [0.5, 0.6) is 5.75 Å². The van der Waals surface area contributed by atoms with Gasteiger partial charge in [-0.05, 0) is 31.0 Å². The number of amides is 3. The first-order valence-corrected chi connectivity index (χ1v) is 8.45. The second-order valence-electron chi connectivity index (χ2n) is 5.08. The molecule has 7 nitrogen and oxygen atoms in total. The lowest BCUT2D eigenvalue weighted by Gasteiger charge is -2.10. The standard InChI is InChI=1S/C15H15ClN4O3S/c1-23-11-5-4-8(16)7-10(11)18-14(22)20-15-19-9-3-2-6-17-13(21)12(9)24-15/h4-5,7H,2-3,6H2,1H3,(H,17,21)(H2,18,19,20,22). The van der Waals surface area contributed by atoms with E-state index in [0.29, 0.717) is 45.1 Å². The summed E-state index contributed by atoms with van der Waals surface area (Å²) in [6.45, 7) is 0.639. The molecule has 1 aromatic carbocycles. The topological polar surface area (TPSA) is 92.3 Å². The summed E-state index contributed by atoms with van der Waals surface area (Å²) in [5, 5.41) is 8.95. The summed E-state index contributed by atoms with van der Waals surface area (Å²) in [6.07, 6.45) is 1.53. The molecular formula is C15H15ClN4O3S. The van der Waals surface area contributed by atoms with Crippen molar-refractivity contribution in [1.82, 2.24) is 10.3 Å². The Hall–Kier alpha value is -2.32. The monoisotopic (exact) mass is 366 g/mol. The van der Waals surface area contributed by atoms with Gasteiger partial charge in [-0.3, -0.25) is 10.1 Å². The smallest absolute Gasteiger partial charge is 0.325 e. The Kier molecular flexibility index (Phi) is 4.86. The minimum Gasteiger partial charge on any atom is -0.495 e. The fourth-order valence-electron chi connectivity index (χ4n) is 2.32. The van der Waals surface area contributed by atoms with Crippen LogP contribution in [0.15, 0.2) is 18.2 Å². The van der Waals surface area contributed by atoms with E-state index in [4.69, 9.17) is 16.3 Å². The van der Waals surface area contributed by atoms with Crippen LogP contribution in [0.4, 0.5) is 15.6 Å². The number of carbonyl (C=O) groups is 2. The molecule has 9 heteroatoms. The van der Waals surface area contributed by atoms with Crippen LogP contribution >= 0.6 is 22.9 Å². The van der Waals surface area contributed by atoms with E-state index < -0.39 is 6.03 Å². The highest BCUT2D eigenvalue weighted by Crippen LogP contribution is 2.29. The molecule has 1 aromatic heterocycles. The first-order valence-electron chi connectivity index (χ1n) is 7.26. The van der Waals surface area contributed by atoms with Gasteiger partial charge in [0.2, 0.25) is 0 Å². The Bertz CT molecular complexity index is 793. The number of carbonyl (C=O) groups excluding carboxylic acids is 2. The van der Waals surface area contributed by atoms with E-state index in [1.807, 2.05) is 0 Å². The molecule has 3 amide bonds. The first kappa shape index (κ1) is 16.5. The highest BCUT2D eigenvalue weighted by molar-refractivity contribution is 7.17. The van der Waals surface area contributed by atoms with Crippen molar-refractivity contribution in [3.05, 3.63) is 33.8 Å². The molecule has 0 saturated heterocycles. The molecule has 0 spiro atoms. The number of anilines is 2. The van der Waals surface area contributed by atoms with Gasteiger partial charge in [0, 0.05) is 11.6 Å².